The van der Waals surface area contributed by atoms with Gasteiger partial charge in [-0.15, -0.1) is 11.8 Å². The number of benzene rings is 9. The van der Waals surface area contributed by atoms with E-state index in [1.807, 2.05) is 43.3 Å². The number of hydrogen-bond acceptors (Lipinski definition) is 3. The van der Waals surface area contributed by atoms with E-state index in [9.17, 15) is 0 Å². The number of aryl methyl sites for hydroxylation is 11. The van der Waals surface area contributed by atoms with E-state index in [-0.39, 0.29) is 0 Å². The van der Waals surface area contributed by atoms with Crippen molar-refractivity contribution in [2.45, 2.75) is 114 Å². The summed E-state index contributed by atoms with van der Waals surface area (Å²) in [5, 5.41) is 5.19. The van der Waals surface area contributed by atoms with Crippen LogP contribution in [0.25, 0.3) is 27.1 Å². The summed E-state index contributed by atoms with van der Waals surface area (Å²) in [4.78, 5) is 1.37. The van der Waals surface area contributed by atoms with Gasteiger partial charge in [0.2, 0.25) is 0 Å². The SMILES string of the molecule is C/C=C\C(=C/C)c1c(C)cccc1C.CCc1cc2ccccc2cc1C.CCc1ccccc1C.CCc1ccccc1C.COc1cc2ccccc2cc1C.COc1ccccc1C.CSc1ccccc1C. The molecule has 0 aliphatic rings. The summed E-state index contributed by atoms with van der Waals surface area (Å²) in [5.41, 5.74) is 17.7. The summed E-state index contributed by atoms with van der Waals surface area (Å²) in [6, 6.07) is 65.4. The summed E-state index contributed by atoms with van der Waals surface area (Å²) in [5.74, 6) is 1.91. The highest BCUT2D eigenvalue weighted by Gasteiger charge is 2.04. The second kappa shape index (κ2) is 35.2. The normalized spacial score (nSPS) is 10.3. The Labute approximate surface area is 465 Å². The second-order valence-corrected chi connectivity index (χ2v) is 19.5. The molecule has 3 heteroatoms. The number of methoxy groups -OCH3 is 2. The van der Waals surface area contributed by atoms with Crippen molar-refractivity contribution >= 4 is 38.9 Å². The first-order valence-electron chi connectivity index (χ1n) is 26.9. The fourth-order valence-electron chi connectivity index (χ4n) is 8.69. The molecule has 0 aliphatic carbocycles. The standard InChI is InChI=1S/C14H18.C13H14.C12H12O.2C9H12.C8H10O.C8H10S/c1-5-8-13(6-2)14-11(3)9-7-10-12(14)4;1-3-11-9-13-7-5-4-6-12(13)8-10(11)2;1-9-7-10-5-3-4-6-11(10)8-12(9)13-2;2*1-3-9-7-5-4-6-8(9)2;2*1-7-5-3-4-6-8(7)9-2/h5-10H,1-4H3;4-9H,3H2,1-2H3;3-8H,1-2H3;2*4-7H,3H2,1-2H3;2*3-6H,1-2H3/b8-5-,13-6+;;;;;;. The molecule has 0 atom stereocenters. The minimum Gasteiger partial charge on any atom is -0.496 e. The first-order chi connectivity index (χ1) is 36.7. The van der Waals surface area contributed by atoms with Crippen LogP contribution in [0.2, 0.25) is 0 Å². The van der Waals surface area contributed by atoms with Gasteiger partial charge in [-0.05, 0) is 213 Å². The minimum atomic E-state index is 0.956. The van der Waals surface area contributed by atoms with Crippen LogP contribution in [0.3, 0.4) is 0 Å². The van der Waals surface area contributed by atoms with Gasteiger partial charge in [0.1, 0.15) is 11.5 Å². The van der Waals surface area contributed by atoms with Gasteiger partial charge in [0, 0.05) is 4.90 Å². The molecule has 0 spiro atoms. The molecule has 398 valence electrons. The molecule has 0 heterocycles. The Balaban J connectivity index is 0.000000235. The fraction of sp³-hybridized carbons (Fsp3) is 0.260. The molecule has 9 aromatic carbocycles. The van der Waals surface area contributed by atoms with Gasteiger partial charge in [-0.3, -0.25) is 0 Å². The summed E-state index contributed by atoms with van der Waals surface area (Å²) in [7, 11) is 3.39. The van der Waals surface area contributed by atoms with Crippen LogP contribution in [-0.2, 0) is 19.3 Å². The topological polar surface area (TPSA) is 18.5 Å². The van der Waals surface area contributed by atoms with Crippen molar-refractivity contribution in [3.8, 4) is 11.5 Å². The van der Waals surface area contributed by atoms with Crippen molar-refractivity contribution in [1.82, 2.24) is 0 Å². The van der Waals surface area contributed by atoms with Crippen molar-refractivity contribution in [3.63, 3.8) is 0 Å². The van der Waals surface area contributed by atoms with Crippen molar-refractivity contribution in [3.05, 3.63) is 273 Å². The zero-order valence-corrected chi connectivity index (χ0v) is 49.8. The van der Waals surface area contributed by atoms with E-state index in [0.717, 1.165) is 30.8 Å². The first-order valence-corrected chi connectivity index (χ1v) is 28.1. The van der Waals surface area contributed by atoms with Crippen molar-refractivity contribution in [2.75, 3.05) is 20.5 Å². The molecule has 0 fully saturated rings. The minimum absolute atomic E-state index is 0.956. The average Bonchev–Trinajstić information content (AvgIpc) is 3.44. The van der Waals surface area contributed by atoms with E-state index in [2.05, 4.69) is 259 Å². The highest BCUT2D eigenvalue weighted by atomic mass is 32.2. The molecule has 0 bridgehead atoms. The van der Waals surface area contributed by atoms with Crippen LogP contribution in [0.4, 0.5) is 0 Å². The third-order valence-corrected chi connectivity index (χ3v) is 14.1. The first kappa shape index (κ1) is 63.2. The molecular weight excluding hydrogens is 941 g/mol. The monoisotopic (exact) mass is 1030 g/mol. The quantitative estimate of drug-likeness (QED) is 0.112. The number of hydrogen-bond donors (Lipinski definition) is 0. The maximum absolute atomic E-state index is 5.25. The fourth-order valence-corrected chi connectivity index (χ4v) is 9.30. The molecule has 9 rings (SSSR count). The molecule has 0 N–H and O–H groups in total. The predicted molar refractivity (Wildman–Crippen MR) is 339 cm³/mol. The number of ether oxygens (including phenoxy) is 2. The Morgan fingerprint density at radius 2 is 0.776 bits per heavy atom. The van der Waals surface area contributed by atoms with Crippen LogP contribution in [0.15, 0.2) is 211 Å². The van der Waals surface area contributed by atoms with Crippen LogP contribution in [-0.4, -0.2) is 20.5 Å². The molecular formula is C73H88O2S. The predicted octanol–water partition coefficient (Wildman–Crippen LogP) is 21.0. The number of allylic oxidation sites excluding steroid dienone is 4. The largest absolute Gasteiger partial charge is 0.496 e. The Morgan fingerprint density at radius 1 is 0.382 bits per heavy atom. The van der Waals surface area contributed by atoms with E-state index in [4.69, 9.17) is 9.47 Å². The second-order valence-electron chi connectivity index (χ2n) is 18.7. The third kappa shape index (κ3) is 20.9. The zero-order valence-electron chi connectivity index (χ0n) is 49.0. The van der Waals surface area contributed by atoms with Gasteiger partial charge < -0.3 is 9.47 Å². The maximum atomic E-state index is 5.25. The Morgan fingerprint density at radius 3 is 1.16 bits per heavy atom. The summed E-state index contributed by atoms with van der Waals surface area (Å²) < 4.78 is 10.3. The highest BCUT2D eigenvalue weighted by Crippen LogP contribution is 2.26. The van der Waals surface area contributed by atoms with Crippen molar-refractivity contribution < 1.29 is 9.47 Å². The molecule has 76 heavy (non-hydrogen) atoms. The highest BCUT2D eigenvalue weighted by molar-refractivity contribution is 7.98. The van der Waals surface area contributed by atoms with E-state index in [0.29, 0.717) is 0 Å². The molecule has 9 aromatic rings. The van der Waals surface area contributed by atoms with Gasteiger partial charge in [-0.2, -0.15) is 0 Å². The number of para-hydroxylation sites is 1. The molecule has 0 aliphatic heterocycles. The molecule has 0 amide bonds. The van der Waals surface area contributed by atoms with E-state index >= 15 is 0 Å². The van der Waals surface area contributed by atoms with Gasteiger partial charge in [0.25, 0.3) is 0 Å². The van der Waals surface area contributed by atoms with Crippen LogP contribution >= 0.6 is 11.8 Å². The third-order valence-electron chi connectivity index (χ3n) is 13.2. The number of fused-ring (bicyclic) bond motifs is 2. The molecule has 2 nitrogen and oxygen atoms in total. The maximum Gasteiger partial charge on any atom is 0.122 e. The summed E-state index contributed by atoms with van der Waals surface area (Å²) in [6.07, 6.45) is 11.9. The Kier molecular flexibility index (Phi) is 29.3. The number of thioether (sulfide) groups is 1. The average molecular weight is 1030 g/mol. The molecule has 0 aromatic heterocycles. The van der Waals surface area contributed by atoms with Gasteiger partial charge in [0.05, 0.1) is 14.2 Å². The molecule has 0 unspecified atom stereocenters. The lowest BCUT2D eigenvalue weighted by molar-refractivity contribution is 0.411. The van der Waals surface area contributed by atoms with E-state index in [1.54, 1.807) is 26.0 Å². The van der Waals surface area contributed by atoms with E-state index < -0.39 is 0 Å². The Bertz CT molecular complexity index is 2890. The lowest BCUT2D eigenvalue weighted by Crippen LogP contribution is -1.90. The van der Waals surface area contributed by atoms with Crippen molar-refractivity contribution in [1.29, 1.82) is 0 Å². The molecule has 0 radical (unpaired) electrons. The smallest absolute Gasteiger partial charge is 0.122 e. The summed E-state index contributed by atoms with van der Waals surface area (Å²) >= 11 is 1.80. The zero-order chi connectivity index (χ0) is 55.8. The lowest BCUT2D eigenvalue weighted by Gasteiger charge is -2.10. The van der Waals surface area contributed by atoms with Gasteiger partial charge in [-0.1, -0.05) is 203 Å². The van der Waals surface area contributed by atoms with Crippen molar-refractivity contribution in [2.24, 2.45) is 0 Å². The Hall–Kier alpha value is -7.07. The number of rotatable bonds is 8. The van der Waals surface area contributed by atoms with Crippen LogP contribution < -0.4 is 9.47 Å². The van der Waals surface area contributed by atoms with Gasteiger partial charge in [-0.25, -0.2) is 0 Å². The van der Waals surface area contributed by atoms with Gasteiger partial charge in [0.15, 0.2) is 0 Å². The van der Waals surface area contributed by atoms with Crippen LogP contribution in [0, 0.1) is 55.4 Å². The van der Waals surface area contributed by atoms with E-state index in [1.165, 1.54) is 98.8 Å². The van der Waals surface area contributed by atoms with Gasteiger partial charge >= 0.3 is 0 Å². The lowest BCUT2D eigenvalue weighted by atomic mass is 9.95. The summed E-state index contributed by atoms with van der Waals surface area (Å²) in [6.45, 7) is 27.7. The molecule has 0 saturated heterocycles. The van der Waals surface area contributed by atoms with Crippen LogP contribution in [0.5, 0.6) is 11.5 Å². The van der Waals surface area contributed by atoms with Crippen LogP contribution in [0.1, 0.15) is 101 Å². The molecule has 0 saturated carbocycles.